The maximum absolute atomic E-state index is 11.9. The second kappa shape index (κ2) is 8.58. The van der Waals surface area contributed by atoms with Gasteiger partial charge in [0, 0.05) is 6.42 Å². The maximum atomic E-state index is 11.9. The van der Waals surface area contributed by atoms with Gasteiger partial charge in [-0.25, -0.2) is 0 Å². The Bertz CT molecular complexity index is 1210. The van der Waals surface area contributed by atoms with Crippen LogP contribution in [-0.4, -0.2) is 26.5 Å². The van der Waals surface area contributed by atoms with Crippen LogP contribution in [0.2, 0.25) is 0 Å². The van der Waals surface area contributed by atoms with Crippen molar-refractivity contribution in [1.29, 1.82) is 0 Å². The van der Waals surface area contributed by atoms with Gasteiger partial charge in [0.15, 0.2) is 0 Å². The molecule has 5 rings (SSSR count). The van der Waals surface area contributed by atoms with Gasteiger partial charge >= 0.3 is 0 Å². The Morgan fingerprint density at radius 3 is 1.94 bits per heavy atom. The fraction of sp³-hybridized carbons (Fsp3) is 0.172. The SMILES string of the molecule is OC1Cc2cc(-c3cccc(C(O)C(O)(c4ccccc4)c4ccccc4)c3)ccc2C1O. The summed E-state index contributed by atoms with van der Waals surface area (Å²) < 4.78 is 0. The van der Waals surface area contributed by atoms with Crippen LogP contribution in [0.1, 0.15) is 40.0 Å². The second-order valence-corrected chi connectivity index (χ2v) is 8.66. The summed E-state index contributed by atoms with van der Waals surface area (Å²) in [4.78, 5) is 0. The molecule has 4 N–H and O–H groups in total. The largest absolute Gasteiger partial charge is 0.390 e. The van der Waals surface area contributed by atoms with E-state index >= 15 is 0 Å². The minimum absolute atomic E-state index is 0.411. The number of hydrogen-bond acceptors (Lipinski definition) is 4. The van der Waals surface area contributed by atoms with E-state index in [0.29, 0.717) is 23.1 Å². The van der Waals surface area contributed by atoms with E-state index in [0.717, 1.165) is 22.3 Å². The van der Waals surface area contributed by atoms with E-state index in [2.05, 4.69) is 0 Å². The Morgan fingerprint density at radius 1 is 0.697 bits per heavy atom. The molecule has 0 aliphatic heterocycles. The van der Waals surface area contributed by atoms with Crippen LogP contribution in [0.4, 0.5) is 0 Å². The van der Waals surface area contributed by atoms with Gasteiger partial charge in [-0.05, 0) is 45.0 Å². The molecule has 0 heterocycles. The molecule has 4 heteroatoms. The predicted octanol–water partition coefficient (Wildman–Crippen LogP) is 4.27. The fourth-order valence-electron chi connectivity index (χ4n) is 4.79. The number of aliphatic hydroxyl groups excluding tert-OH is 3. The fourth-order valence-corrected chi connectivity index (χ4v) is 4.79. The van der Waals surface area contributed by atoms with Gasteiger partial charge in [-0.1, -0.05) is 97.1 Å². The third-order valence-electron chi connectivity index (χ3n) is 6.61. The van der Waals surface area contributed by atoms with Crippen molar-refractivity contribution >= 4 is 0 Å². The van der Waals surface area contributed by atoms with Gasteiger partial charge in [0.05, 0.1) is 6.10 Å². The molecule has 166 valence electrons. The molecule has 4 aromatic carbocycles. The molecule has 4 nitrogen and oxygen atoms in total. The first-order chi connectivity index (χ1) is 16.0. The average molecular weight is 439 g/mol. The van der Waals surface area contributed by atoms with E-state index in [1.54, 1.807) is 0 Å². The van der Waals surface area contributed by atoms with E-state index in [1.807, 2.05) is 103 Å². The van der Waals surface area contributed by atoms with E-state index < -0.39 is 23.9 Å². The molecule has 0 aromatic heterocycles. The van der Waals surface area contributed by atoms with Crippen molar-refractivity contribution in [2.24, 2.45) is 0 Å². The van der Waals surface area contributed by atoms with Gasteiger partial charge in [0.2, 0.25) is 0 Å². The highest BCUT2D eigenvalue weighted by molar-refractivity contribution is 5.66. The molecule has 3 unspecified atom stereocenters. The maximum Gasteiger partial charge on any atom is 0.145 e. The van der Waals surface area contributed by atoms with Crippen LogP contribution in [0, 0.1) is 0 Å². The van der Waals surface area contributed by atoms with Crippen LogP contribution < -0.4 is 0 Å². The van der Waals surface area contributed by atoms with E-state index in [4.69, 9.17) is 0 Å². The first-order valence-corrected chi connectivity index (χ1v) is 11.1. The van der Waals surface area contributed by atoms with Crippen LogP contribution in [-0.2, 0) is 12.0 Å². The molecule has 1 aliphatic carbocycles. The topological polar surface area (TPSA) is 80.9 Å². The highest BCUT2D eigenvalue weighted by Gasteiger charge is 2.40. The number of fused-ring (bicyclic) bond motifs is 1. The summed E-state index contributed by atoms with van der Waals surface area (Å²) in [5.41, 5.74) is 3.65. The number of benzene rings is 4. The average Bonchev–Trinajstić information content (AvgIpc) is 3.16. The zero-order valence-electron chi connectivity index (χ0n) is 18.0. The Hall–Kier alpha value is -3.28. The number of hydrogen-bond donors (Lipinski definition) is 4. The third kappa shape index (κ3) is 3.77. The molecule has 1 aliphatic rings. The van der Waals surface area contributed by atoms with Crippen molar-refractivity contribution in [3.05, 3.63) is 131 Å². The van der Waals surface area contributed by atoms with Crippen LogP contribution in [0.5, 0.6) is 0 Å². The molecule has 0 bridgehead atoms. The summed E-state index contributed by atoms with van der Waals surface area (Å²) in [5.74, 6) is 0. The molecule has 3 atom stereocenters. The van der Waals surface area contributed by atoms with Gasteiger partial charge in [0.25, 0.3) is 0 Å². The normalized spacial score (nSPS) is 18.7. The lowest BCUT2D eigenvalue weighted by Gasteiger charge is -2.34. The Morgan fingerprint density at radius 2 is 1.30 bits per heavy atom. The summed E-state index contributed by atoms with van der Waals surface area (Å²) in [7, 11) is 0. The molecule has 0 fully saturated rings. The number of aliphatic hydroxyl groups is 4. The van der Waals surface area contributed by atoms with Crippen molar-refractivity contribution in [2.45, 2.75) is 30.3 Å². The van der Waals surface area contributed by atoms with Crippen molar-refractivity contribution in [3.63, 3.8) is 0 Å². The first kappa shape index (κ1) is 21.6. The van der Waals surface area contributed by atoms with Crippen LogP contribution in [0.15, 0.2) is 103 Å². The molecule has 0 saturated heterocycles. The van der Waals surface area contributed by atoms with Crippen molar-refractivity contribution < 1.29 is 20.4 Å². The standard InChI is InChI=1S/C29H26O4/c30-26-18-22-17-20(14-15-25(22)27(26)31)19-8-7-9-21(16-19)28(32)29(33,23-10-3-1-4-11-23)24-12-5-2-6-13-24/h1-17,26-28,30-33H,18H2. The predicted molar refractivity (Wildman–Crippen MR) is 127 cm³/mol. The quantitative estimate of drug-likeness (QED) is 0.375. The molecule has 0 saturated carbocycles. The molecule has 4 aromatic rings. The summed E-state index contributed by atoms with van der Waals surface area (Å²) in [5, 5.41) is 43.6. The van der Waals surface area contributed by atoms with Gasteiger partial charge < -0.3 is 20.4 Å². The molecular formula is C29H26O4. The minimum atomic E-state index is -1.63. The van der Waals surface area contributed by atoms with Gasteiger partial charge in [0.1, 0.15) is 17.8 Å². The van der Waals surface area contributed by atoms with E-state index in [1.165, 1.54) is 0 Å². The molecular weight excluding hydrogens is 412 g/mol. The molecule has 0 spiro atoms. The van der Waals surface area contributed by atoms with Crippen molar-refractivity contribution in [1.82, 2.24) is 0 Å². The highest BCUT2D eigenvalue weighted by atomic mass is 16.3. The smallest absolute Gasteiger partial charge is 0.145 e. The zero-order chi connectivity index (χ0) is 23.0. The molecule has 0 amide bonds. The van der Waals surface area contributed by atoms with Crippen molar-refractivity contribution in [2.75, 3.05) is 0 Å². The van der Waals surface area contributed by atoms with E-state index in [9.17, 15) is 20.4 Å². The van der Waals surface area contributed by atoms with Gasteiger partial charge in [-0.15, -0.1) is 0 Å². The monoisotopic (exact) mass is 438 g/mol. The Kier molecular flexibility index (Phi) is 5.60. The van der Waals surface area contributed by atoms with E-state index in [-0.39, 0.29) is 0 Å². The summed E-state index contributed by atoms with van der Waals surface area (Å²) in [6.07, 6.45) is -2.43. The Balaban J connectivity index is 1.56. The first-order valence-electron chi connectivity index (χ1n) is 11.1. The van der Waals surface area contributed by atoms with Gasteiger partial charge in [-0.3, -0.25) is 0 Å². The van der Waals surface area contributed by atoms with Gasteiger partial charge in [-0.2, -0.15) is 0 Å². The summed E-state index contributed by atoms with van der Waals surface area (Å²) in [6, 6.07) is 31.6. The second-order valence-electron chi connectivity index (χ2n) is 8.66. The zero-order valence-corrected chi connectivity index (χ0v) is 18.0. The summed E-state index contributed by atoms with van der Waals surface area (Å²) in [6.45, 7) is 0. The van der Waals surface area contributed by atoms with Crippen LogP contribution in [0.25, 0.3) is 11.1 Å². The number of rotatable bonds is 5. The molecule has 0 radical (unpaired) electrons. The molecule has 33 heavy (non-hydrogen) atoms. The van der Waals surface area contributed by atoms with Crippen LogP contribution in [0.3, 0.4) is 0 Å². The third-order valence-corrected chi connectivity index (χ3v) is 6.61. The lowest BCUT2D eigenvalue weighted by Crippen LogP contribution is -2.35. The minimum Gasteiger partial charge on any atom is -0.390 e. The van der Waals surface area contributed by atoms with Crippen LogP contribution >= 0.6 is 0 Å². The Labute approximate surface area is 193 Å². The summed E-state index contributed by atoms with van der Waals surface area (Å²) >= 11 is 0. The highest BCUT2D eigenvalue weighted by Crippen LogP contribution is 2.42. The lowest BCUT2D eigenvalue weighted by atomic mass is 9.78. The lowest BCUT2D eigenvalue weighted by molar-refractivity contribution is -0.0517. The van der Waals surface area contributed by atoms with Crippen molar-refractivity contribution in [3.8, 4) is 11.1 Å².